The van der Waals surface area contributed by atoms with Gasteiger partial charge in [0.1, 0.15) is 12.0 Å². The summed E-state index contributed by atoms with van der Waals surface area (Å²) in [5.74, 6) is 0.191. The molecule has 0 saturated carbocycles. The number of carbonyl (C=O) groups excluding carboxylic acids is 1. The Balaban J connectivity index is 1.92. The minimum atomic E-state index is 0.0705. The predicted octanol–water partition coefficient (Wildman–Crippen LogP) is 1.33. The van der Waals surface area contributed by atoms with Gasteiger partial charge in [0.15, 0.2) is 0 Å². The van der Waals surface area contributed by atoms with Gasteiger partial charge in [0.05, 0.1) is 6.54 Å². The Morgan fingerprint density at radius 3 is 3.31 bits per heavy atom. The van der Waals surface area contributed by atoms with Gasteiger partial charge in [0, 0.05) is 30.5 Å². The molecule has 1 aliphatic heterocycles. The molecule has 1 aliphatic rings. The molecule has 0 spiro atoms. The lowest BCUT2D eigenvalue weighted by Crippen LogP contribution is -2.24. The second-order valence-electron chi connectivity index (χ2n) is 3.75. The number of azide groups is 1. The zero-order valence-corrected chi connectivity index (χ0v) is 8.61. The molecule has 1 saturated heterocycles. The highest BCUT2D eigenvalue weighted by atomic mass is 16.5. The van der Waals surface area contributed by atoms with E-state index in [1.807, 2.05) is 0 Å². The highest BCUT2D eigenvalue weighted by molar-refractivity contribution is 5.78. The van der Waals surface area contributed by atoms with Crippen LogP contribution in [-0.2, 0) is 11.3 Å². The standard InChI is InChI=1S/C9H11N5O2/c10-13-11-4-7-3-9(15)14(5-7)6-8-1-2-16-12-8/h1-2,7H,3-6H2. The molecule has 0 aliphatic carbocycles. The third-order valence-electron chi connectivity index (χ3n) is 2.54. The molecule has 1 atom stereocenters. The smallest absolute Gasteiger partial charge is 0.223 e. The molecule has 1 unspecified atom stereocenters. The van der Waals surface area contributed by atoms with E-state index in [0.29, 0.717) is 26.1 Å². The molecule has 16 heavy (non-hydrogen) atoms. The van der Waals surface area contributed by atoms with Crippen molar-refractivity contribution in [2.75, 3.05) is 13.1 Å². The Bertz CT molecular complexity index is 410. The first-order valence-electron chi connectivity index (χ1n) is 4.97. The van der Waals surface area contributed by atoms with E-state index in [9.17, 15) is 4.79 Å². The molecule has 1 fully saturated rings. The van der Waals surface area contributed by atoms with E-state index >= 15 is 0 Å². The van der Waals surface area contributed by atoms with Crippen LogP contribution in [0, 0.1) is 5.92 Å². The molecule has 2 rings (SSSR count). The third-order valence-corrected chi connectivity index (χ3v) is 2.54. The number of carbonyl (C=O) groups is 1. The normalized spacial score (nSPS) is 19.9. The summed E-state index contributed by atoms with van der Waals surface area (Å²) in [7, 11) is 0. The first kappa shape index (κ1) is 10.5. The van der Waals surface area contributed by atoms with E-state index in [2.05, 4.69) is 15.2 Å². The Morgan fingerprint density at radius 1 is 1.75 bits per heavy atom. The first-order valence-corrected chi connectivity index (χ1v) is 4.97. The summed E-state index contributed by atoms with van der Waals surface area (Å²) in [6.45, 7) is 1.45. The lowest BCUT2D eigenvalue weighted by Gasteiger charge is -2.13. The van der Waals surface area contributed by atoms with Crippen molar-refractivity contribution >= 4 is 5.91 Å². The molecule has 84 valence electrons. The van der Waals surface area contributed by atoms with Crippen molar-refractivity contribution in [1.29, 1.82) is 0 Å². The van der Waals surface area contributed by atoms with Crippen LogP contribution >= 0.6 is 0 Å². The molecule has 1 aromatic heterocycles. The van der Waals surface area contributed by atoms with Gasteiger partial charge in [-0.1, -0.05) is 10.3 Å². The maximum absolute atomic E-state index is 11.6. The highest BCUT2D eigenvalue weighted by Crippen LogP contribution is 2.19. The Hall–Kier alpha value is -2.01. The van der Waals surface area contributed by atoms with Gasteiger partial charge in [-0.3, -0.25) is 4.79 Å². The summed E-state index contributed by atoms with van der Waals surface area (Å²) in [5, 5.41) is 7.24. The van der Waals surface area contributed by atoms with Gasteiger partial charge in [-0.15, -0.1) is 0 Å². The largest absolute Gasteiger partial charge is 0.364 e. The van der Waals surface area contributed by atoms with Crippen LogP contribution in [0.15, 0.2) is 22.0 Å². The second kappa shape index (κ2) is 4.67. The van der Waals surface area contributed by atoms with E-state index in [4.69, 9.17) is 10.1 Å². The summed E-state index contributed by atoms with van der Waals surface area (Å²) >= 11 is 0. The van der Waals surface area contributed by atoms with Gasteiger partial charge in [-0.25, -0.2) is 0 Å². The van der Waals surface area contributed by atoms with E-state index in [1.165, 1.54) is 6.26 Å². The number of hydrogen-bond acceptors (Lipinski definition) is 4. The lowest BCUT2D eigenvalue weighted by molar-refractivity contribution is -0.128. The minimum absolute atomic E-state index is 0.0705. The van der Waals surface area contributed by atoms with Crippen molar-refractivity contribution in [3.05, 3.63) is 28.5 Å². The van der Waals surface area contributed by atoms with Gasteiger partial charge < -0.3 is 9.42 Å². The molecule has 0 aromatic carbocycles. The fourth-order valence-corrected chi connectivity index (χ4v) is 1.80. The van der Waals surface area contributed by atoms with Crippen LogP contribution in [0.1, 0.15) is 12.1 Å². The van der Waals surface area contributed by atoms with Gasteiger partial charge in [-0.05, 0) is 11.4 Å². The number of likely N-dealkylation sites (tertiary alicyclic amines) is 1. The molecular weight excluding hydrogens is 210 g/mol. The van der Waals surface area contributed by atoms with E-state index in [1.54, 1.807) is 11.0 Å². The lowest BCUT2D eigenvalue weighted by atomic mass is 10.1. The van der Waals surface area contributed by atoms with Crippen LogP contribution in [0.3, 0.4) is 0 Å². The average molecular weight is 221 g/mol. The molecule has 0 radical (unpaired) electrons. The number of aromatic nitrogens is 1. The van der Waals surface area contributed by atoms with Crippen LogP contribution in [0.25, 0.3) is 10.4 Å². The van der Waals surface area contributed by atoms with Gasteiger partial charge in [0.25, 0.3) is 0 Å². The van der Waals surface area contributed by atoms with Gasteiger partial charge in [0.2, 0.25) is 5.91 Å². The van der Waals surface area contributed by atoms with Crippen molar-refractivity contribution in [2.45, 2.75) is 13.0 Å². The van der Waals surface area contributed by atoms with Crippen molar-refractivity contribution in [3.8, 4) is 0 Å². The Morgan fingerprint density at radius 2 is 2.62 bits per heavy atom. The second-order valence-corrected chi connectivity index (χ2v) is 3.75. The van der Waals surface area contributed by atoms with E-state index < -0.39 is 0 Å². The van der Waals surface area contributed by atoms with Crippen molar-refractivity contribution < 1.29 is 9.32 Å². The zero-order chi connectivity index (χ0) is 11.4. The number of amides is 1. The summed E-state index contributed by atoms with van der Waals surface area (Å²) in [6, 6.07) is 1.73. The highest BCUT2D eigenvalue weighted by Gasteiger charge is 2.29. The summed E-state index contributed by atoms with van der Waals surface area (Å²) in [6.07, 6.45) is 1.92. The third kappa shape index (κ3) is 2.32. The van der Waals surface area contributed by atoms with Crippen LogP contribution in [-0.4, -0.2) is 29.1 Å². The molecule has 1 aromatic rings. The van der Waals surface area contributed by atoms with Crippen LogP contribution in [0.2, 0.25) is 0 Å². The van der Waals surface area contributed by atoms with E-state index in [-0.39, 0.29) is 11.8 Å². The molecular formula is C9H11N5O2. The predicted molar refractivity (Wildman–Crippen MR) is 54.0 cm³/mol. The molecule has 1 amide bonds. The van der Waals surface area contributed by atoms with Gasteiger partial charge in [-0.2, -0.15) is 0 Å². The number of nitrogens with zero attached hydrogens (tertiary/aromatic N) is 5. The Kier molecular flexibility index (Phi) is 3.07. The van der Waals surface area contributed by atoms with Crippen LogP contribution in [0.4, 0.5) is 0 Å². The van der Waals surface area contributed by atoms with E-state index in [0.717, 1.165) is 5.69 Å². The quantitative estimate of drug-likeness (QED) is 0.436. The molecule has 0 bridgehead atoms. The summed E-state index contributed by atoms with van der Waals surface area (Å²) in [5.41, 5.74) is 8.94. The number of rotatable bonds is 4. The van der Waals surface area contributed by atoms with Crippen LogP contribution in [0.5, 0.6) is 0 Å². The average Bonchev–Trinajstić information content (AvgIpc) is 2.87. The molecule has 2 heterocycles. The Labute approximate surface area is 91.6 Å². The molecule has 7 heteroatoms. The fraction of sp³-hybridized carbons (Fsp3) is 0.556. The fourth-order valence-electron chi connectivity index (χ4n) is 1.80. The summed E-state index contributed by atoms with van der Waals surface area (Å²) < 4.78 is 4.70. The van der Waals surface area contributed by atoms with Crippen molar-refractivity contribution in [2.24, 2.45) is 11.0 Å². The zero-order valence-electron chi connectivity index (χ0n) is 8.61. The molecule has 0 N–H and O–H groups in total. The maximum atomic E-state index is 11.6. The topological polar surface area (TPSA) is 95.1 Å². The SMILES string of the molecule is [N-]=[N+]=NCC1CC(=O)N(Cc2ccon2)C1. The van der Waals surface area contributed by atoms with Crippen molar-refractivity contribution in [1.82, 2.24) is 10.1 Å². The monoisotopic (exact) mass is 221 g/mol. The van der Waals surface area contributed by atoms with Crippen LogP contribution < -0.4 is 0 Å². The van der Waals surface area contributed by atoms with Crippen molar-refractivity contribution in [3.63, 3.8) is 0 Å². The first-order chi connectivity index (χ1) is 7.79. The summed E-state index contributed by atoms with van der Waals surface area (Å²) in [4.78, 5) is 16.0. The maximum Gasteiger partial charge on any atom is 0.223 e. The minimum Gasteiger partial charge on any atom is -0.364 e. The molecule has 7 nitrogen and oxygen atoms in total. The van der Waals surface area contributed by atoms with Gasteiger partial charge >= 0.3 is 0 Å². The number of hydrogen-bond donors (Lipinski definition) is 0.